The van der Waals surface area contributed by atoms with E-state index in [0.29, 0.717) is 11.0 Å². The smallest absolute Gasteiger partial charge is 0.234 e. The Kier molecular flexibility index (Phi) is 6.59. The van der Waals surface area contributed by atoms with Crippen molar-refractivity contribution in [2.45, 2.75) is 39.0 Å². The Morgan fingerprint density at radius 1 is 1.14 bits per heavy atom. The van der Waals surface area contributed by atoms with Crippen LogP contribution in [-0.4, -0.2) is 26.4 Å². The minimum Gasteiger partial charge on any atom is -0.483 e. The maximum absolute atomic E-state index is 12.3. The molecule has 3 rings (SSSR count). The zero-order chi connectivity index (χ0) is 21.0. The van der Waals surface area contributed by atoms with Crippen LogP contribution in [0.15, 0.2) is 47.6 Å². The van der Waals surface area contributed by atoms with Gasteiger partial charge in [0.2, 0.25) is 5.91 Å². The first-order valence-electron chi connectivity index (χ1n) is 9.46. The third-order valence-corrected chi connectivity index (χ3v) is 5.51. The minimum absolute atomic E-state index is 0.0756. The normalized spacial score (nSPS) is 11.9. The highest BCUT2D eigenvalue weighted by Gasteiger charge is 2.18. The molecule has 152 valence electrons. The molecule has 1 amide bonds. The first kappa shape index (κ1) is 20.9. The average Bonchev–Trinajstić information content (AvgIpc) is 3.02. The average molecular weight is 411 g/mol. The van der Waals surface area contributed by atoms with Crippen molar-refractivity contribution < 1.29 is 9.53 Å². The lowest BCUT2D eigenvalue weighted by atomic mass is 10.1. The van der Waals surface area contributed by atoms with Gasteiger partial charge in [0, 0.05) is 12.7 Å². The third-order valence-electron chi connectivity index (χ3n) is 4.49. The molecule has 0 aliphatic carbocycles. The number of rotatable bonds is 7. The lowest BCUT2D eigenvalue weighted by Gasteiger charge is -2.15. The summed E-state index contributed by atoms with van der Waals surface area (Å²) in [6, 6.07) is 13.8. The third kappa shape index (κ3) is 5.38. The Hall–Kier alpha value is -2.80. The zero-order valence-electron chi connectivity index (χ0n) is 17.4. The number of hydrogen-bond donors (Lipinski definition) is 1. The van der Waals surface area contributed by atoms with Crippen molar-refractivity contribution in [3.8, 4) is 5.75 Å². The molecule has 1 N–H and O–H groups in total. The fraction of sp³-hybridized carbons (Fsp3) is 0.318. The molecule has 1 atom stereocenters. The SMILES string of the molecule is Cc1cc(C)cc(OC(C)c2nnc(SCC(=O)Nc3ccccc3C)n2C)c1. The van der Waals surface area contributed by atoms with Gasteiger partial charge in [-0.05, 0) is 62.6 Å². The number of thioether (sulfide) groups is 1. The van der Waals surface area contributed by atoms with Crippen LogP contribution in [0.1, 0.15) is 35.5 Å². The van der Waals surface area contributed by atoms with Crippen LogP contribution in [0.4, 0.5) is 5.69 Å². The van der Waals surface area contributed by atoms with Crippen molar-refractivity contribution in [2.24, 2.45) is 7.05 Å². The number of ether oxygens (including phenoxy) is 1. The molecule has 1 aromatic heterocycles. The van der Waals surface area contributed by atoms with Gasteiger partial charge in [-0.25, -0.2) is 0 Å². The predicted octanol–water partition coefficient (Wildman–Crippen LogP) is 4.61. The fourth-order valence-electron chi connectivity index (χ4n) is 3.09. The van der Waals surface area contributed by atoms with Crippen molar-refractivity contribution in [1.82, 2.24) is 14.8 Å². The van der Waals surface area contributed by atoms with Crippen LogP contribution in [0, 0.1) is 20.8 Å². The van der Waals surface area contributed by atoms with Crippen LogP contribution in [0.3, 0.4) is 0 Å². The summed E-state index contributed by atoms with van der Waals surface area (Å²) in [5, 5.41) is 12.1. The number of nitrogens with one attached hydrogen (secondary N) is 1. The van der Waals surface area contributed by atoms with Crippen LogP contribution in [0.25, 0.3) is 0 Å². The number of aromatic nitrogens is 3. The quantitative estimate of drug-likeness (QED) is 0.576. The number of para-hydroxylation sites is 1. The van der Waals surface area contributed by atoms with E-state index in [1.165, 1.54) is 11.8 Å². The molecular weight excluding hydrogens is 384 g/mol. The van der Waals surface area contributed by atoms with Gasteiger partial charge >= 0.3 is 0 Å². The molecule has 0 saturated heterocycles. The van der Waals surface area contributed by atoms with Crippen molar-refractivity contribution in [3.05, 3.63) is 65.0 Å². The molecule has 3 aromatic rings. The molecule has 29 heavy (non-hydrogen) atoms. The lowest BCUT2D eigenvalue weighted by molar-refractivity contribution is -0.113. The fourth-order valence-corrected chi connectivity index (χ4v) is 3.81. The van der Waals surface area contributed by atoms with E-state index < -0.39 is 0 Å². The van der Waals surface area contributed by atoms with Gasteiger partial charge in [0.15, 0.2) is 17.1 Å². The summed E-state index contributed by atoms with van der Waals surface area (Å²) in [4.78, 5) is 12.3. The Morgan fingerprint density at radius 2 is 1.83 bits per heavy atom. The Bertz CT molecular complexity index is 996. The number of carbonyl (C=O) groups excluding carboxylic acids is 1. The molecule has 7 heteroatoms. The summed E-state index contributed by atoms with van der Waals surface area (Å²) in [5.41, 5.74) is 4.17. The van der Waals surface area contributed by atoms with E-state index in [1.807, 2.05) is 75.7 Å². The van der Waals surface area contributed by atoms with E-state index in [-0.39, 0.29) is 17.8 Å². The second-order valence-electron chi connectivity index (χ2n) is 7.14. The molecule has 0 aliphatic heterocycles. The minimum atomic E-state index is -0.260. The summed E-state index contributed by atoms with van der Waals surface area (Å²) >= 11 is 1.35. The van der Waals surface area contributed by atoms with Gasteiger partial charge in [-0.2, -0.15) is 0 Å². The van der Waals surface area contributed by atoms with Crippen LogP contribution >= 0.6 is 11.8 Å². The van der Waals surface area contributed by atoms with E-state index in [1.54, 1.807) is 0 Å². The van der Waals surface area contributed by atoms with Crippen molar-refractivity contribution in [1.29, 1.82) is 0 Å². The standard InChI is InChI=1S/C22H26N4O2S/c1-14-10-15(2)12-18(11-14)28-17(4)21-24-25-22(26(21)5)29-13-20(27)23-19-9-7-6-8-16(19)3/h6-12,17H,13H2,1-5H3,(H,23,27). The number of hydrogen-bond acceptors (Lipinski definition) is 5. The molecule has 1 unspecified atom stereocenters. The number of anilines is 1. The Labute approximate surface area is 175 Å². The molecule has 6 nitrogen and oxygen atoms in total. The zero-order valence-corrected chi connectivity index (χ0v) is 18.2. The molecule has 0 saturated carbocycles. The number of benzene rings is 2. The van der Waals surface area contributed by atoms with E-state index in [9.17, 15) is 4.79 Å². The molecule has 1 heterocycles. The van der Waals surface area contributed by atoms with Gasteiger partial charge in [-0.3, -0.25) is 4.79 Å². The van der Waals surface area contributed by atoms with E-state index in [0.717, 1.165) is 28.1 Å². The number of amides is 1. The van der Waals surface area contributed by atoms with Gasteiger partial charge < -0.3 is 14.6 Å². The van der Waals surface area contributed by atoms with Gasteiger partial charge in [0.25, 0.3) is 0 Å². The molecule has 0 radical (unpaired) electrons. The van der Waals surface area contributed by atoms with E-state index >= 15 is 0 Å². The monoisotopic (exact) mass is 410 g/mol. The van der Waals surface area contributed by atoms with Gasteiger partial charge in [0.05, 0.1) is 5.75 Å². The van der Waals surface area contributed by atoms with Crippen LogP contribution in [-0.2, 0) is 11.8 Å². The molecular formula is C22H26N4O2S. The highest BCUT2D eigenvalue weighted by molar-refractivity contribution is 7.99. The van der Waals surface area contributed by atoms with Crippen LogP contribution in [0.5, 0.6) is 5.75 Å². The number of nitrogens with zero attached hydrogens (tertiary/aromatic N) is 3. The second kappa shape index (κ2) is 9.13. The lowest BCUT2D eigenvalue weighted by Crippen LogP contribution is -2.15. The molecule has 2 aromatic carbocycles. The maximum Gasteiger partial charge on any atom is 0.234 e. The first-order valence-corrected chi connectivity index (χ1v) is 10.4. The van der Waals surface area contributed by atoms with E-state index in [4.69, 9.17) is 4.74 Å². The van der Waals surface area contributed by atoms with E-state index in [2.05, 4.69) is 21.6 Å². The van der Waals surface area contributed by atoms with Gasteiger partial charge in [-0.1, -0.05) is 36.0 Å². The van der Waals surface area contributed by atoms with Gasteiger partial charge in [0.1, 0.15) is 5.75 Å². The highest BCUT2D eigenvalue weighted by atomic mass is 32.2. The Morgan fingerprint density at radius 3 is 2.52 bits per heavy atom. The number of carbonyl (C=O) groups is 1. The second-order valence-corrected chi connectivity index (χ2v) is 8.08. The van der Waals surface area contributed by atoms with Gasteiger partial charge in [-0.15, -0.1) is 10.2 Å². The van der Waals surface area contributed by atoms with Crippen LogP contribution < -0.4 is 10.1 Å². The molecule has 0 bridgehead atoms. The van der Waals surface area contributed by atoms with Crippen molar-refractivity contribution in [3.63, 3.8) is 0 Å². The molecule has 0 fully saturated rings. The predicted molar refractivity (Wildman–Crippen MR) is 116 cm³/mol. The topological polar surface area (TPSA) is 69.0 Å². The first-order chi connectivity index (χ1) is 13.8. The summed E-state index contributed by atoms with van der Waals surface area (Å²) in [6.07, 6.45) is -0.260. The van der Waals surface area contributed by atoms with Crippen molar-refractivity contribution in [2.75, 3.05) is 11.1 Å². The Balaban J connectivity index is 1.61. The van der Waals surface area contributed by atoms with Crippen molar-refractivity contribution >= 4 is 23.4 Å². The highest BCUT2D eigenvalue weighted by Crippen LogP contribution is 2.25. The largest absolute Gasteiger partial charge is 0.483 e. The van der Waals surface area contributed by atoms with Crippen LogP contribution in [0.2, 0.25) is 0 Å². The summed E-state index contributed by atoms with van der Waals surface area (Å²) in [6.45, 7) is 8.00. The summed E-state index contributed by atoms with van der Waals surface area (Å²) in [5.74, 6) is 1.70. The summed E-state index contributed by atoms with van der Waals surface area (Å²) < 4.78 is 7.94. The molecule has 0 aliphatic rings. The molecule has 0 spiro atoms. The summed E-state index contributed by atoms with van der Waals surface area (Å²) in [7, 11) is 1.89. The number of aryl methyl sites for hydroxylation is 3. The maximum atomic E-state index is 12.3.